The van der Waals surface area contributed by atoms with Crippen molar-refractivity contribution >= 4 is 23.4 Å². The molecular weight excluding hydrogens is 254 g/mol. The fourth-order valence-corrected chi connectivity index (χ4v) is 3.95. The molecule has 3 nitrogen and oxygen atoms in total. The Balaban J connectivity index is 2.19. The molecule has 0 radical (unpaired) electrons. The number of hydrogen-bond donors (Lipinski definition) is 1. The van der Waals surface area contributed by atoms with Gasteiger partial charge in [-0.05, 0) is 36.8 Å². The molecule has 0 amide bonds. The molecule has 0 saturated carbocycles. The molecule has 0 aliphatic carbocycles. The molecule has 1 aliphatic heterocycles. The second-order valence-corrected chi connectivity index (χ2v) is 6.11. The van der Waals surface area contributed by atoms with Crippen molar-refractivity contribution in [1.29, 1.82) is 0 Å². The van der Waals surface area contributed by atoms with Crippen LogP contribution in [-0.4, -0.2) is 27.8 Å². The topological polar surface area (TPSA) is 29.9 Å². The first-order valence-electron chi connectivity index (χ1n) is 6.22. The Morgan fingerprint density at radius 1 is 1.71 bits per heavy atom. The molecule has 2 heterocycles. The molecule has 2 unspecified atom stereocenters. The molecule has 0 bridgehead atoms. The molecule has 2 atom stereocenters. The van der Waals surface area contributed by atoms with Crippen LogP contribution in [0.2, 0.25) is 5.02 Å². The summed E-state index contributed by atoms with van der Waals surface area (Å²) in [7, 11) is 1.98. The summed E-state index contributed by atoms with van der Waals surface area (Å²) in [5.41, 5.74) is 1.15. The number of aryl methyl sites for hydroxylation is 1. The second kappa shape index (κ2) is 6.12. The van der Waals surface area contributed by atoms with Gasteiger partial charge in [0.05, 0.1) is 23.0 Å². The number of thioether (sulfide) groups is 1. The largest absolute Gasteiger partial charge is 0.308 e. The number of hydrogen-bond acceptors (Lipinski definition) is 3. The first kappa shape index (κ1) is 13.2. The molecule has 1 aliphatic rings. The minimum atomic E-state index is 0.352. The molecule has 0 aromatic carbocycles. The van der Waals surface area contributed by atoms with E-state index in [-0.39, 0.29) is 0 Å². The van der Waals surface area contributed by atoms with Gasteiger partial charge in [0.25, 0.3) is 0 Å². The van der Waals surface area contributed by atoms with Crippen molar-refractivity contribution < 1.29 is 0 Å². The summed E-state index contributed by atoms with van der Waals surface area (Å²) in [6, 6.07) is 0.352. The molecule has 5 heteroatoms. The van der Waals surface area contributed by atoms with Crippen LogP contribution in [0.25, 0.3) is 0 Å². The fraction of sp³-hybridized carbons (Fsp3) is 0.750. The van der Waals surface area contributed by atoms with Gasteiger partial charge in [-0.1, -0.05) is 18.5 Å². The Bertz CT molecular complexity index is 341. The van der Waals surface area contributed by atoms with Gasteiger partial charge in [0, 0.05) is 7.05 Å². The minimum Gasteiger partial charge on any atom is -0.308 e. The lowest BCUT2D eigenvalue weighted by Crippen LogP contribution is -2.31. The van der Waals surface area contributed by atoms with Crippen LogP contribution in [0.1, 0.15) is 31.5 Å². The van der Waals surface area contributed by atoms with Gasteiger partial charge in [-0.2, -0.15) is 16.9 Å². The van der Waals surface area contributed by atoms with E-state index in [2.05, 4.69) is 17.3 Å². The normalized spacial score (nSPS) is 21.9. The van der Waals surface area contributed by atoms with Crippen molar-refractivity contribution in [2.24, 2.45) is 13.0 Å². The van der Waals surface area contributed by atoms with E-state index < -0.39 is 0 Å². The van der Waals surface area contributed by atoms with E-state index in [0.29, 0.717) is 12.0 Å². The van der Waals surface area contributed by atoms with Crippen molar-refractivity contribution in [3.8, 4) is 0 Å². The summed E-state index contributed by atoms with van der Waals surface area (Å²) in [5.74, 6) is 3.17. The van der Waals surface area contributed by atoms with E-state index in [1.165, 1.54) is 17.9 Å². The fourth-order valence-electron chi connectivity index (χ4n) is 2.37. The first-order chi connectivity index (χ1) is 8.24. The SMILES string of the molecule is CCCNC(c1c(Cl)cnn1C)C1CCSC1. The third kappa shape index (κ3) is 2.98. The molecule has 1 aromatic rings. The quantitative estimate of drug-likeness (QED) is 0.895. The number of nitrogens with one attached hydrogen (secondary N) is 1. The van der Waals surface area contributed by atoms with Gasteiger partial charge in [0.15, 0.2) is 0 Å². The highest BCUT2D eigenvalue weighted by molar-refractivity contribution is 7.99. The van der Waals surface area contributed by atoms with E-state index in [9.17, 15) is 0 Å². The molecule has 1 saturated heterocycles. The molecule has 2 rings (SSSR count). The first-order valence-corrected chi connectivity index (χ1v) is 7.75. The standard InChI is InChI=1S/C12H20ClN3S/c1-3-5-14-11(9-4-6-17-8-9)12-10(13)7-15-16(12)2/h7,9,11,14H,3-6,8H2,1-2H3. The maximum absolute atomic E-state index is 6.27. The van der Waals surface area contributed by atoms with Crippen LogP contribution in [0.5, 0.6) is 0 Å². The summed E-state index contributed by atoms with van der Waals surface area (Å²) in [6.45, 7) is 3.23. The number of halogens is 1. The molecule has 1 aromatic heterocycles. The highest BCUT2D eigenvalue weighted by Crippen LogP contribution is 2.36. The highest BCUT2D eigenvalue weighted by atomic mass is 35.5. The van der Waals surface area contributed by atoms with E-state index in [0.717, 1.165) is 23.7 Å². The van der Waals surface area contributed by atoms with Crippen molar-refractivity contribution in [3.05, 3.63) is 16.9 Å². The maximum Gasteiger partial charge on any atom is 0.0834 e. The van der Waals surface area contributed by atoms with Crippen molar-refractivity contribution in [1.82, 2.24) is 15.1 Å². The van der Waals surface area contributed by atoms with E-state index >= 15 is 0 Å². The van der Waals surface area contributed by atoms with Crippen LogP contribution in [0.15, 0.2) is 6.20 Å². The average molecular weight is 274 g/mol. The number of nitrogens with zero attached hydrogens (tertiary/aromatic N) is 2. The number of aromatic nitrogens is 2. The lowest BCUT2D eigenvalue weighted by atomic mass is 9.96. The lowest BCUT2D eigenvalue weighted by molar-refractivity contribution is 0.374. The zero-order valence-corrected chi connectivity index (χ0v) is 12.0. The third-order valence-corrected chi connectivity index (χ3v) is 4.76. The van der Waals surface area contributed by atoms with Gasteiger partial charge < -0.3 is 5.32 Å². The van der Waals surface area contributed by atoms with Crippen LogP contribution in [0.3, 0.4) is 0 Å². The second-order valence-electron chi connectivity index (χ2n) is 4.56. The van der Waals surface area contributed by atoms with Crippen molar-refractivity contribution in [2.75, 3.05) is 18.1 Å². The predicted molar refractivity (Wildman–Crippen MR) is 74.7 cm³/mol. The smallest absolute Gasteiger partial charge is 0.0834 e. The Hall–Kier alpha value is -0.190. The van der Waals surface area contributed by atoms with Gasteiger partial charge in [0.1, 0.15) is 0 Å². The van der Waals surface area contributed by atoms with Gasteiger partial charge in [0.2, 0.25) is 0 Å². The van der Waals surface area contributed by atoms with Gasteiger partial charge in [-0.15, -0.1) is 0 Å². The third-order valence-electron chi connectivity index (χ3n) is 3.28. The molecular formula is C12H20ClN3S. The van der Waals surface area contributed by atoms with Gasteiger partial charge in [-0.3, -0.25) is 4.68 Å². The van der Waals surface area contributed by atoms with Crippen LogP contribution in [0, 0.1) is 5.92 Å². The Morgan fingerprint density at radius 2 is 2.53 bits per heavy atom. The predicted octanol–water partition coefficient (Wildman–Crippen LogP) is 2.87. The monoisotopic (exact) mass is 273 g/mol. The Labute approximate surface area is 112 Å². The van der Waals surface area contributed by atoms with Crippen LogP contribution in [0.4, 0.5) is 0 Å². The molecule has 1 N–H and O–H groups in total. The Kier molecular flexibility index (Phi) is 4.77. The summed E-state index contributed by atoms with van der Waals surface area (Å²) in [5, 5.41) is 8.68. The maximum atomic E-state index is 6.27. The van der Waals surface area contributed by atoms with E-state index in [4.69, 9.17) is 11.6 Å². The molecule has 1 fully saturated rings. The molecule has 0 spiro atoms. The van der Waals surface area contributed by atoms with Gasteiger partial charge in [-0.25, -0.2) is 0 Å². The van der Waals surface area contributed by atoms with Crippen LogP contribution in [-0.2, 0) is 7.05 Å². The zero-order chi connectivity index (χ0) is 12.3. The van der Waals surface area contributed by atoms with Crippen LogP contribution < -0.4 is 5.32 Å². The lowest BCUT2D eigenvalue weighted by Gasteiger charge is -2.25. The van der Waals surface area contributed by atoms with Gasteiger partial charge >= 0.3 is 0 Å². The van der Waals surface area contributed by atoms with E-state index in [1.54, 1.807) is 6.20 Å². The average Bonchev–Trinajstić information content (AvgIpc) is 2.93. The minimum absolute atomic E-state index is 0.352. The highest BCUT2D eigenvalue weighted by Gasteiger charge is 2.29. The van der Waals surface area contributed by atoms with Crippen LogP contribution >= 0.6 is 23.4 Å². The summed E-state index contributed by atoms with van der Waals surface area (Å²) < 4.78 is 1.92. The summed E-state index contributed by atoms with van der Waals surface area (Å²) in [6.07, 6.45) is 4.17. The molecule has 96 valence electrons. The Morgan fingerprint density at radius 3 is 3.06 bits per heavy atom. The van der Waals surface area contributed by atoms with Crippen molar-refractivity contribution in [2.45, 2.75) is 25.8 Å². The summed E-state index contributed by atoms with van der Waals surface area (Å²) >= 11 is 8.31. The van der Waals surface area contributed by atoms with E-state index in [1.807, 2.05) is 23.5 Å². The zero-order valence-electron chi connectivity index (χ0n) is 10.4. The van der Waals surface area contributed by atoms with Crippen molar-refractivity contribution in [3.63, 3.8) is 0 Å². The molecule has 17 heavy (non-hydrogen) atoms. The summed E-state index contributed by atoms with van der Waals surface area (Å²) in [4.78, 5) is 0. The number of rotatable bonds is 5.